The summed E-state index contributed by atoms with van der Waals surface area (Å²) in [5.41, 5.74) is 5.80. The first kappa shape index (κ1) is 33.7. The first-order valence-electron chi connectivity index (χ1n) is 17.1. The van der Waals surface area contributed by atoms with Crippen LogP contribution in [0.2, 0.25) is 0 Å². The van der Waals surface area contributed by atoms with Crippen LogP contribution in [0.1, 0.15) is 22.3 Å². The molecular formula is C44H28N4O8. The smallest absolute Gasteiger partial charge is 0.119 e. The highest BCUT2D eigenvalue weighted by molar-refractivity contribution is 6.50. The van der Waals surface area contributed by atoms with E-state index in [1.54, 1.807) is 24.3 Å². The average Bonchev–Trinajstić information content (AvgIpc) is 3.91. The van der Waals surface area contributed by atoms with Gasteiger partial charge < -0.3 is 40.9 Å². The number of aromatic hydroxyl groups is 8. The van der Waals surface area contributed by atoms with Crippen LogP contribution in [0, 0.1) is 0 Å². The van der Waals surface area contributed by atoms with E-state index in [0.717, 1.165) is 12.1 Å². The second kappa shape index (κ2) is 12.8. The Morgan fingerprint density at radius 2 is 0.732 bits per heavy atom. The molecule has 0 atom stereocenters. The fourth-order valence-electron chi connectivity index (χ4n) is 7.17. The molecule has 0 saturated carbocycles. The fourth-order valence-corrected chi connectivity index (χ4v) is 7.17. The Morgan fingerprint density at radius 3 is 1.23 bits per heavy atom. The third kappa shape index (κ3) is 6.22. The maximum Gasteiger partial charge on any atom is 0.119 e. The number of hydrogen-bond donors (Lipinski definition) is 8. The molecule has 9 rings (SSSR count). The number of rotatable bonds is 4. The van der Waals surface area contributed by atoms with E-state index in [1.807, 2.05) is 24.3 Å². The second-order valence-electron chi connectivity index (χ2n) is 13.4. The van der Waals surface area contributed by atoms with Crippen LogP contribution in [0.5, 0.6) is 46.0 Å². The minimum atomic E-state index is -0.291. The van der Waals surface area contributed by atoms with Gasteiger partial charge in [0.1, 0.15) is 46.0 Å². The summed E-state index contributed by atoms with van der Waals surface area (Å²) in [5.74, 6) is -2.11. The van der Waals surface area contributed by atoms with Crippen LogP contribution < -0.4 is 0 Å². The van der Waals surface area contributed by atoms with Gasteiger partial charge in [0.25, 0.3) is 0 Å². The molecule has 4 aromatic carbocycles. The maximum absolute atomic E-state index is 10.9. The summed E-state index contributed by atoms with van der Waals surface area (Å²) in [6, 6.07) is 16.1. The van der Waals surface area contributed by atoms with Gasteiger partial charge in [-0.15, -0.1) is 0 Å². The van der Waals surface area contributed by atoms with E-state index in [0.29, 0.717) is 50.8 Å². The molecule has 5 aliphatic heterocycles. The lowest BCUT2D eigenvalue weighted by Crippen LogP contribution is -2.07. The molecule has 272 valence electrons. The molecule has 0 aliphatic carbocycles. The van der Waals surface area contributed by atoms with Gasteiger partial charge in [-0.2, -0.15) is 0 Å². The van der Waals surface area contributed by atoms with Crippen molar-refractivity contribution in [3.05, 3.63) is 166 Å². The summed E-state index contributed by atoms with van der Waals surface area (Å²) in [7, 11) is 0. The van der Waals surface area contributed by atoms with Crippen LogP contribution in [-0.4, -0.2) is 63.7 Å². The van der Waals surface area contributed by atoms with Crippen molar-refractivity contribution in [2.24, 2.45) is 20.0 Å². The highest BCUT2D eigenvalue weighted by Crippen LogP contribution is 2.49. The summed E-state index contributed by atoms with van der Waals surface area (Å²) in [4.78, 5) is 19.7. The van der Waals surface area contributed by atoms with Crippen molar-refractivity contribution >= 4 is 45.1 Å². The number of phenolic OH excluding ortho intramolecular Hbond substituents is 8. The third-order valence-corrected chi connectivity index (χ3v) is 9.27. The molecule has 5 aliphatic rings. The van der Waals surface area contributed by atoms with E-state index in [-0.39, 0.29) is 85.4 Å². The zero-order valence-corrected chi connectivity index (χ0v) is 28.9. The SMILES string of the molecule is Oc1cc(O)cc(C2=CC3=CC4=NC(=CC5=NC(=CC6=NC(=C(c7cc(O)cc(O)c7)C2=N3)C(c2cc(O)cc(O)c2)=C6c2cc(O)cc(O)c2)C=C5)C=C4)c1. The lowest BCUT2D eigenvalue weighted by atomic mass is 9.85. The van der Waals surface area contributed by atoms with E-state index < -0.39 is 0 Å². The van der Waals surface area contributed by atoms with Gasteiger partial charge in [0.2, 0.25) is 0 Å². The third-order valence-electron chi connectivity index (χ3n) is 9.27. The Bertz CT molecular complexity index is 2800. The number of allylic oxidation sites excluding steroid dienone is 12. The molecule has 5 heterocycles. The van der Waals surface area contributed by atoms with Crippen molar-refractivity contribution in [2.75, 3.05) is 0 Å². The van der Waals surface area contributed by atoms with E-state index in [1.165, 1.54) is 60.7 Å². The summed E-state index contributed by atoms with van der Waals surface area (Å²) in [6.07, 6.45) is 14.2. The summed E-state index contributed by atoms with van der Waals surface area (Å²) in [6.45, 7) is 0. The van der Waals surface area contributed by atoms with Crippen molar-refractivity contribution in [2.45, 2.75) is 0 Å². The maximum atomic E-state index is 10.9. The molecule has 12 nitrogen and oxygen atoms in total. The number of nitrogens with zero attached hydrogens (tertiary/aromatic N) is 4. The van der Waals surface area contributed by atoms with Gasteiger partial charge >= 0.3 is 0 Å². The number of phenols is 8. The highest BCUT2D eigenvalue weighted by atomic mass is 16.3. The number of aliphatic imine (C=N–C) groups is 4. The quantitative estimate of drug-likeness (QED) is 0.106. The molecule has 4 aromatic rings. The first-order chi connectivity index (χ1) is 26.9. The van der Waals surface area contributed by atoms with Gasteiger partial charge in [-0.05, 0) is 119 Å². The van der Waals surface area contributed by atoms with Crippen molar-refractivity contribution in [3.8, 4) is 46.0 Å². The fraction of sp³-hybridized carbons (Fsp3) is 0. The molecule has 0 saturated heterocycles. The molecule has 0 unspecified atom stereocenters. The molecule has 0 aromatic heterocycles. The van der Waals surface area contributed by atoms with E-state index in [4.69, 9.17) is 20.0 Å². The molecule has 0 spiro atoms. The molecule has 8 bridgehead atoms. The largest absolute Gasteiger partial charge is 0.508 e. The van der Waals surface area contributed by atoms with Gasteiger partial charge in [0, 0.05) is 46.6 Å². The lowest BCUT2D eigenvalue weighted by molar-refractivity contribution is 0.449. The van der Waals surface area contributed by atoms with Gasteiger partial charge in [-0.3, -0.25) is 0 Å². The zero-order valence-electron chi connectivity index (χ0n) is 28.9. The Labute approximate surface area is 317 Å². The molecule has 0 amide bonds. The standard InChI is InChI=1S/C44H28N4O8/c49-30-5-21(6-31(50)17-30)38-15-29-14-27-2-1-25(45-27)13-26-3-4-28(46-26)16-39-40(22-7-32(51)18-33(52)8-22)41(23-9-34(53)19-35(54)10-23)44(48-39)42(43(38)47-29)24-11-36(55)20-37(56)12-24/h1-20,49-56H. The summed E-state index contributed by atoms with van der Waals surface area (Å²) >= 11 is 0. The van der Waals surface area contributed by atoms with Crippen molar-refractivity contribution in [1.29, 1.82) is 0 Å². The summed E-state index contributed by atoms with van der Waals surface area (Å²) < 4.78 is 0. The van der Waals surface area contributed by atoms with Crippen molar-refractivity contribution < 1.29 is 40.9 Å². The van der Waals surface area contributed by atoms with Crippen LogP contribution in [-0.2, 0) is 0 Å². The monoisotopic (exact) mass is 740 g/mol. The number of benzene rings is 4. The Kier molecular flexibility index (Phi) is 7.69. The van der Waals surface area contributed by atoms with Crippen LogP contribution >= 0.6 is 0 Å². The van der Waals surface area contributed by atoms with Crippen molar-refractivity contribution in [3.63, 3.8) is 0 Å². The van der Waals surface area contributed by atoms with E-state index >= 15 is 0 Å². The Balaban J connectivity index is 1.48. The molecular weight excluding hydrogens is 713 g/mol. The topological polar surface area (TPSA) is 211 Å². The molecule has 56 heavy (non-hydrogen) atoms. The van der Waals surface area contributed by atoms with Crippen molar-refractivity contribution in [1.82, 2.24) is 0 Å². The molecule has 0 radical (unpaired) electrons. The predicted octanol–water partition coefficient (Wildman–Crippen LogP) is 7.33. The number of hydrogen-bond acceptors (Lipinski definition) is 12. The van der Waals surface area contributed by atoms with Gasteiger partial charge in [-0.1, -0.05) is 0 Å². The number of fused-ring (bicyclic) bond motifs is 4. The molecule has 0 fully saturated rings. The summed E-state index contributed by atoms with van der Waals surface area (Å²) in [5, 5.41) is 86.3. The first-order valence-corrected chi connectivity index (χ1v) is 17.1. The van der Waals surface area contributed by atoms with Gasteiger partial charge in [-0.25, -0.2) is 20.0 Å². The van der Waals surface area contributed by atoms with Gasteiger partial charge in [0.05, 0.1) is 45.6 Å². The van der Waals surface area contributed by atoms with E-state index in [9.17, 15) is 40.9 Å². The van der Waals surface area contributed by atoms with Crippen LogP contribution in [0.3, 0.4) is 0 Å². The van der Waals surface area contributed by atoms with Gasteiger partial charge in [0.15, 0.2) is 0 Å². The molecule has 8 N–H and O–H groups in total. The normalized spacial score (nSPS) is 17.0. The van der Waals surface area contributed by atoms with Crippen LogP contribution in [0.25, 0.3) is 22.3 Å². The van der Waals surface area contributed by atoms with Crippen LogP contribution in [0.4, 0.5) is 0 Å². The predicted molar refractivity (Wildman–Crippen MR) is 213 cm³/mol. The minimum absolute atomic E-state index is 0.165. The van der Waals surface area contributed by atoms with E-state index in [2.05, 4.69) is 0 Å². The highest BCUT2D eigenvalue weighted by Gasteiger charge is 2.34. The minimum Gasteiger partial charge on any atom is -0.508 e. The van der Waals surface area contributed by atoms with Crippen LogP contribution in [0.15, 0.2) is 164 Å². The Morgan fingerprint density at radius 1 is 0.321 bits per heavy atom. The second-order valence-corrected chi connectivity index (χ2v) is 13.4. The Hall–Kier alpha value is -8.12. The zero-order chi connectivity index (χ0) is 38.8. The average molecular weight is 741 g/mol. The molecule has 12 heteroatoms. The lowest BCUT2D eigenvalue weighted by Gasteiger charge is -2.18.